The lowest BCUT2D eigenvalue weighted by Crippen LogP contribution is -2.50. The summed E-state index contributed by atoms with van der Waals surface area (Å²) in [6, 6.07) is 10.7. The number of halogens is 2. The topological polar surface area (TPSA) is 77.6 Å². The van der Waals surface area contributed by atoms with E-state index < -0.39 is 0 Å². The molecular formula is C23H29Cl2N5O2. The van der Waals surface area contributed by atoms with Crippen molar-refractivity contribution in [2.75, 3.05) is 17.3 Å². The van der Waals surface area contributed by atoms with Gasteiger partial charge in [-0.2, -0.15) is 0 Å². The third kappa shape index (κ3) is 5.00. The lowest BCUT2D eigenvalue weighted by atomic mass is 9.93. The molecule has 9 heteroatoms. The third-order valence-electron chi connectivity index (χ3n) is 6.13. The van der Waals surface area contributed by atoms with Gasteiger partial charge in [0.05, 0.1) is 29.7 Å². The second-order valence-electron chi connectivity index (χ2n) is 8.18. The zero-order valence-corrected chi connectivity index (χ0v) is 19.9. The largest absolute Gasteiger partial charge is 0.329 e. The van der Waals surface area contributed by atoms with E-state index in [4.69, 9.17) is 16.6 Å². The molecule has 1 fully saturated rings. The van der Waals surface area contributed by atoms with E-state index in [0.29, 0.717) is 17.4 Å². The van der Waals surface area contributed by atoms with Crippen LogP contribution in [0, 0.1) is 0 Å². The number of carbonyl (C=O) groups excluding carboxylic acids is 2. The molecule has 172 valence electrons. The smallest absolute Gasteiger partial charge is 0.315 e. The summed E-state index contributed by atoms with van der Waals surface area (Å²) in [4.78, 5) is 34.2. The van der Waals surface area contributed by atoms with Crippen molar-refractivity contribution in [2.45, 2.75) is 57.7 Å². The molecule has 1 aliphatic heterocycles. The van der Waals surface area contributed by atoms with Crippen LogP contribution in [0.15, 0.2) is 36.4 Å². The number of hydrogen-bond donors (Lipinski definition) is 2. The van der Waals surface area contributed by atoms with Crippen molar-refractivity contribution < 1.29 is 9.59 Å². The molecule has 7 nitrogen and oxygen atoms in total. The maximum Gasteiger partial charge on any atom is 0.329 e. The minimum absolute atomic E-state index is 0. The summed E-state index contributed by atoms with van der Waals surface area (Å²) in [5.74, 6) is 0.334. The van der Waals surface area contributed by atoms with E-state index in [1.54, 1.807) is 37.1 Å². The van der Waals surface area contributed by atoms with Crippen LogP contribution in [0.5, 0.6) is 0 Å². The van der Waals surface area contributed by atoms with Gasteiger partial charge in [-0.05, 0) is 63.2 Å². The second kappa shape index (κ2) is 10.5. The standard InChI is InChI=1S/C23H28ClN5O2.ClH/c1-15(25-2)22(30)27-21-13-12-20-19(26-21)14-28(17-6-4-3-5-7-17)23(31)29(20)18-10-8-16(24)9-11-18;/h8-13,15,17,25H,3-7,14H2,1-2H3,(H,26,27,30);1H/t15-;/m0./s1. The number of fused-ring (bicyclic) bond motifs is 1. The normalized spacial score (nSPS) is 17.4. The first-order chi connectivity index (χ1) is 15.0. The average Bonchev–Trinajstić information content (AvgIpc) is 2.79. The maximum absolute atomic E-state index is 13.6. The molecule has 2 aromatic rings. The van der Waals surface area contributed by atoms with Gasteiger partial charge in [0.15, 0.2) is 0 Å². The lowest BCUT2D eigenvalue weighted by molar-refractivity contribution is -0.117. The van der Waals surface area contributed by atoms with Crippen molar-refractivity contribution >= 4 is 53.1 Å². The highest BCUT2D eigenvalue weighted by molar-refractivity contribution is 6.30. The van der Waals surface area contributed by atoms with Crippen LogP contribution in [-0.2, 0) is 11.3 Å². The van der Waals surface area contributed by atoms with Gasteiger partial charge in [-0.25, -0.2) is 9.78 Å². The van der Waals surface area contributed by atoms with Gasteiger partial charge < -0.3 is 15.5 Å². The molecule has 3 amide bonds. The summed E-state index contributed by atoms with van der Waals surface area (Å²) in [7, 11) is 1.74. The van der Waals surface area contributed by atoms with E-state index >= 15 is 0 Å². The molecular weight excluding hydrogens is 449 g/mol. The molecule has 2 aliphatic rings. The average molecular weight is 478 g/mol. The Labute approximate surface area is 199 Å². The maximum atomic E-state index is 13.6. The highest BCUT2D eigenvalue weighted by atomic mass is 35.5. The number of hydrogen-bond acceptors (Lipinski definition) is 4. The number of nitrogens with one attached hydrogen (secondary N) is 2. The van der Waals surface area contributed by atoms with E-state index in [2.05, 4.69) is 10.6 Å². The Morgan fingerprint density at radius 2 is 1.81 bits per heavy atom. The molecule has 0 bridgehead atoms. The van der Waals surface area contributed by atoms with Crippen LogP contribution >= 0.6 is 24.0 Å². The van der Waals surface area contributed by atoms with Crippen LogP contribution < -0.4 is 15.5 Å². The van der Waals surface area contributed by atoms with Crippen LogP contribution in [-0.4, -0.2) is 41.0 Å². The first-order valence-electron chi connectivity index (χ1n) is 10.8. The minimum atomic E-state index is -0.330. The number of rotatable bonds is 5. The first-order valence-corrected chi connectivity index (χ1v) is 11.2. The predicted molar refractivity (Wildman–Crippen MR) is 130 cm³/mol. The van der Waals surface area contributed by atoms with Gasteiger partial charge in [0.1, 0.15) is 5.82 Å². The second-order valence-corrected chi connectivity index (χ2v) is 8.61. The molecule has 4 rings (SSSR count). The zero-order valence-electron chi connectivity index (χ0n) is 18.3. The molecule has 1 aliphatic carbocycles. The number of urea groups is 1. The lowest BCUT2D eigenvalue weighted by Gasteiger charge is -2.42. The van der Waals surface area contributed by atoms with Gasteiger partial charge in [0.25, 0.3) is 0 Å². The highest BCUT2D eigenvalue weighted by Crippen LogP contribution is 2.38. The quantitative estimate of drug-likeness (QED) is 0.626. The molecule has 1 atom stereocenters. The number of anilines is 3. The van der Waals surface area contributed by atoms with Gasteiger partial charge in [-0.3, -0.25) is 9.69 Å². The highest BCUT2D eigenvalue weighted by Gasteiger charge is 2.36. The molecule has 0 spiro atoms. The van der Waals surface area contributed by atoms with E-state index in [0.717, 1.165) is 42.8 Å². The molecule has 1 saturated carbocycles. The fourth-order valence-electron chi connectivity index (χ4n) is 4.23. The van der Waals surface area contributed by atoms with Gasteiger partial charge in [-0.15, -0.1) is 12.4 Å². The Bertz CT molecular complexity index is 963. The van der Waals surface area contributed by atoms with Gasteiger partial charge in [-0.1, -0.05) is 30.9 Å². The fourth-order valence-corrected chi connectivity index (χ4v) is 4.35. The third-order valence-corrected chi connectivity index (χ3v) is 6.38. The molecule has 1 aromatic carbocycles. The Hall–Kier alpha value is -2.35. The first kappa shape index (κ1) is 24.3. The number of likely N-dealkylation sites (N-methyl/N-ethyl adjacent to an activating group) is 1. The Balaban J connectivity index is 0.00000289. The van der Waals surface area contributed by atoms with Crippen molar-refractivity contribution in [3.05, 3.63) is 47.1 Å². The van der Waals surface area contributed by atoms with Crippen molar-refractivity contribution in [1.29, 1.82) is 0 Å². The summed E-state index contributed by atoms with van der Waals surface area (Å²) in [6.45, 7) is 2.23. The van der Waals surface area contributed by atoms with Crippen molar-refractivity contribution in [2.24, 2.45) is 0 Å². The predicted octanol–water partition coefficient (Wildman–Crippen LogP) is 5.11. The molecule has 2 N–H and O–H groups in total. The molecule has 2 heterocycles. The van der Waals surface area contributed by atoms with E-state index in [1.807, 2.05) is 23.1 Å². The summed E-state index contributed by atoms with van der Waals surface area (Å²) >= 11 is 6.07. The number of pyridine rings is 1. The summed E-state index contributed by atoms with van der Waals surface area (Å²) < 4.78 is 0. The monoisotopic (exact) mass is 477 g/mol. The molecule has 0 saturated heterocycles. The summed E-state index contributed by atoms with van der Waals surface area (Å²) in [5, 5.41) is 6.40. The van der Waals surface area contributed by atoms with Gasteiger partial charge in [0.2, 0.25) is 5.91 Å². The molecule has 0 unspecified atom stereocenters. The van der Waals surface area contributed by atoms with Gasteiger partial charge in [0, 0.05) is 11.1 Å². The number of nitrogens with zero attached hydrogens (tertiary/aromatic N) is 3. The summed E-state index contributed by atoms with van der Waals surface area (Å²) in [6.07, 6.45) is 5.49. The van der Waals surface area contributed by atoms with Crippen molar-refractivity contribution in [3.63, 3.8) is 0 Å². The van der Waals surface area contributed by atoms with E-state index in [1.165, 1.54) is 6.42 Å². The molecule has 32 heavy (non-hydrogen) atoms. The molecule has 1 aromatic heterocycles. The van der Waals surface area contributed by atoms with Crippen LogP contribution in [0.3, 0.4) is 0 Å². The Morgan fingerprint density at radius 3 is 2.47 bits per heavy atom. The Kier molecular flexibility index (Phi) is 7.98. The van der Waals surface area contributed by atoms with Crippen LogP contribution in [0.4, 0.5) is 22.0 Å². The number of benzene rings is 1. The number of aromatic nitrogens is 1. The molecule has 0 radical (unpaired) electrons. The zero-order chi connectivity index (χ0) is 22.0. The van der Waals surface area contributed by atoms with E-state index in [-0.39, 0.29) is 36.4 Å². The van der Waals surface area contributed by atoms with Gasteiger partial charge >= 0.3 is 6.03 Å². The number of amides is 3. The SMILES string of the molecule is CN[C@@H](C)C(=O)Nc1ccc2c(n1)CN(C1CCCCC1)C(=O)N2c1ccc(Cl)cc1.Cl. The van der Waals surface area contributed by atoms with Crippen LogP contribution in [0.25, 0.3) is 0 Å². The fraction of sp³-hybridized carbons (Fsp3) is 0.435. The van der Waals surface area contributed by atoms with Crippen LogP contribution in [0.1, 0.15) is 44.7 Å². The van der Waals surface area contributed by atoms with E-state index in [9.17, 15) is 9.59 Å². The summed E-state index contributed by atoms with van der Waals surface area (Å²) in [5.41, 5.74) is 2.26. The Morgan fingerprint density at radius 1 is 1.12 bits per heavy atom. The van der Waals surface area contributed by atoms with Crippen molar-refractivity contribution in [1.82, 2.24) is 15.2 Å². The van der Waals surface area contributed by atoms with Crippen LogP contribution in [0.2, 0.25) is 5.02 Å². The van der Waals surface area contributed by atoms with Crippen molar-refractivity contribution in [3.8, 4) is 0 Å². The number of carbonyl (C=O) groups is 2. The minimum Gasteiger partial charge on any atom is -0.315 e.